The zero-order valence-electron chi connectivity index (χ0n) is 8.02. The third-order valence-corrected chi connectivity index (χ3v) is 2.92. The van der Waals surface area contributed by atoms with E-state index in [2.05, 4.69) is 6.07 Å². The van der Waals surface area contributed by atoms with Gasteiger partial charge in [-0.05, 0) is 23.8 Å². The fourth-order valence-electron chi connectivity index (χ4n) is 1.04. The Kier molecular flexibility index (Phi) is 5.68. The Morgan fingerprint density at radius 1 is 1.43 bits per heavy atom. The molecule has 1 aromatic carbocycles. The standard InChI is InChI=1S/C11H15O2S/c12-8-11(13)9-14-7-6-10-4-2-1-3-5-10/h1-4,11-13H,6-9H2. The number of aliphatic hydroxyl groups is 2. The zero-order chi connectivity index (χ0) is 10.2. The van der Waals surface area contributed by atoms with Gasteiger partial charge in [-0.15, -0.1) is 0 Å². The summed E-state index contributed by atoms with van der Waals surface area (Å²) in [6.07, 6.45) is 0.378. The van der Waals surface area contributed by atoms with Crippen molar-refractivity contribution in [2.45, 2.75) is 12.5 Å². The highest BCUT2D eigenvalue weighted by atomic mass is 32.2. The molecule has 0 fully saturated rings. The van der Waals surface area contributed by atoms with Crippen molar-refractivity contribution in [3.8, 4) is 0 Å². The third kappa shape index (κ3) is 4.65. The Labute approximate surface area is 89.0 Å². The van der Waals surface area contributed by atoms with E-state index >= 15 is 0 Å². The molecule has 1 rings (SSSR count). The summed E-state index contributed by atoms with van der Waals surface area (Å²) in [7, 11) is 0. The highest BCUT2D eigenvalue weighted by molar-refractivity contribution is 7.99. The number of benzene rings is 1. The van der Waals surface area contributed by atoms with Gasteiger partial charge in [0.1, 0.15) is 0 Å². The molecule has 0 aliphatic rings. The third-order valence-electron chi connectivity index (χ3n) is 1.81. The van der Waals surface area contributed by atoms with Crippen molar-refractivity contribution < 1.29 is 10.2 Å². The maximum Gasteiger partial charge on any atom is 0.0861 e. The van der Waals surface area contributed by atoms with Crippen LogP contribution in [0.15, 0.2) is 24.3 Å². The molecular formula is C11H15O2S. The molecule has 0 bridgehead atoms. The molecule has 3 heteroatoms. The average Bonchev–Trinajstić information content (AvgIpc) is 2.25. The van der Waals surface area contributed by atoms with Crippen molar-refractivity contribution in [3.05, 3.63) is 35.9 Å². The van der Waals surface area contributed by atoms with Crippen LogP contribution >= 0.6 is 11.8 Å². The molecule has 0 saturated carbocycles. The van der Waals surface area contributed by atoms with E-state index in [-0.39, 0.29) is 6.61 Å². The van der Waals surface area contributed by atoms with Gasteiger partial charge in [-0.1, -0.05) is 24.3 Å². The number of thioether (sulfide) groups is 1. The fourth-order valence-corrected chi connectivity index (χ4v) is 1.95. The average molecular weight is 211 g/mol. The van der Waals surface area contributed by atoms with Crippen LogP contribution in [-0.4, -0.2) is 34.4 Å². The number of hydrogen-bond donors (Lipinski definition) is 2. The first-order chi connectivity index (χ1) is 6.83. The smallest absolute Gasteiger partial charge is 0.0861 e. The first-order valence-corrected chi connectivity index (χ1v) is 5.80. The number of aryl methyl sites for hydroxylation is 1. The second kappa shape index (κ2) is 6.87. The molecule has 2 N–H and O–H groups in total. The van der Waals surface area contributed by atoms with Crippen LogP contribution < -0.4 is 0 Å². The van der Waals surface area contributed by atoms with Gasteiger partial charge in [-0.2, -0.15) is 11.8 Å². The SMILES string of the molecule is OCC(O)CSCCc1[c]cccc1. The predicted molar refractivity (Wildman–Crippen MR) is 59.4 cm³/mol. The Balaban J connectivity index is 2.10. The molecule has 0 aromatic heterocycles. The number of rotatable bonds is 6. The highest BCUT2D eigenvalue weighted by Crippen LogP contribution is 2.07. The molecule has 1 aromatic rings. The lowest BCUT2D eigenvalue weighted by Crippen LogP contribution is -2.15. The Morgan fingerprint density at radius 2 is 2.29 bits per heavy atom. The van der Waals surface area contributed by atoms with E-state index in [1.54, 1.807) is 11.8 Å². The van der Waals surface area contributed by atoms with Gasteiger partial charge in [0.05, 0.1) is 12.7 Å². The molecule has 0 spiro atoms. The maximum atomic E-state index is 9.08. The molecule has 1 atom stereocenters. The summed E-state index contributed by atoms with van der Waals surface area (Å²) in [6, 6.07) is 11.0. The molecule has 0 heterocycles. The summed E-state index contributed by atoms with van der Waals surface area (Å²) in [4.78, 5) is 0. The van der Waals surface area contributed by atoms with E-state index in [4.69, 9.17) is 10.2 Å². The van der Waals surface area contributed by atoms with Gasteiger partial charge in [0.15, 0.2) is 0 Å². The van der Waals surface area contributed by atoms with E-state index in [9.17, 15) is 0 Å². The van der Waals surface area contributed by atoms with E-state index in [0.29, 0.717) is 5.75 Å². The predicted octanol–water partition coefficient (Wildman–Crippen LogP) is 1.12. The van der Waals surface area contributed by atoms with Crippen LogP contribution in [0.4, 0.5) is 0 Å². The van der Waals surface area contributed by atoms with Gasteiger partial charge < -0.3 is 10.2 Å². The summed E-state index contributed by atoms with van der Waals surface area (Å²) in [5.74, 6) is 1.56. The van der Waals surface area contributed by atoms with Crippen molar-refractivity contribution >= 4 is 11.8 Å². The van der Waals surface area contributed by atoms with Crippen LogP contribution in [0, 0.1) is 6.07 Å². The molecule has 14 heavy (non-hydrogen) atoms. The van der Waals surface area contributed by atoms with E-state index < -0.39 is 6.10 Å². The van der Waals surface area contributed by atoms with Crippen molar-refractivity contribution in [1.29, 1.82) is 0 Å². The minimum absolute atomic E-state index is 0.148. The second-order valence-corrected chi connectivity index (χ2v) is 4.20. The van der Waals surface area contributed by atoms with Gasteiger partial charge >= 0.3 is 0 Å². The van der Waals surface area contributed by atoms with E-state index in [1.165, 1.54) is 5.56 Å². The highest BCUT2D eigenvalue weighted by Gasteiger charge is 2.01. The minimum Gasteiger partial charge on any atom is -0.394 e. The normalized spacial score (nSPS) is 12.7. The van der Waals surface area contributed by atoms with E-state index in [1.807, 2.05) is 24.3 Å². The monoisotopic (exact) mass is 211 g/mol. The van der Waals surface area contributed by atoms with Crippen LogP contribution in [0.2, 0.25) is 0 Å². The molecule has 0 aliphatic heterocycles. The van der Waals surface area contributed by atoms with Crippen LogP contribution in [0.1, 0.15) is 5.56 Å². The van der Waals surface area contributed by atoms with Crippen molar-refractivity contribution in [3.63, 3.8) is 0 Å². The van der Waals surface area contributed by atoms with Gasteiger partial charge in [0.2, 0.25) is 0 Å². The molecular weight excluding hydrogens is 196 g/mol. The van der Waals surface area contributed by atoms with E-state index in [0.717, 1.165) is 12.2 Å². The van der Waals surface area contributed by atoms with Gasteiger partial charge in [-0.25, -0.2) is 0 Å². The lowest BCUT2D eigenvalue weighted by Gasteiger charge is -2.05. The summed E-state index contributed by atoms with van der Waals surface area (Å²) < 4.78 is 0. The number of hydrogen-bond acceptors (Lipinski definition) is 3. The maximum absolute atomic E-state index is 9.08. The van der Waals surface area contributed by atoms with Crippen LogP contribution in [-0.2, 0) is 6.42 Å². The largest absolute Gasteiger partial charge is 0.394 e. The second-order valence-electron chi connectivity index (χ2n) is 3.05. The van der Waals surface area contributed by atoms with Crippen LogP contribution in [0.3, 0.4) is 0 Å². The number of aliphatic hydroxyl groups excluding tert-OH is 2. The summed E-state index contributed by atoms with van der Waals surface area (Å²) in [5, 5.41) is 17.7. The molecule has 0 aliphatic carbocycles. The molecule has 0 amide bonds. The molecule has 77 valence electrons. The van der Waals surface area contributed by atoms with Gasteiger partial charge in [0.25, 0.3) is 0 Å². The topological polar surface area (TPSA) is 40.5 Å². The molecule has 0 saturated heterocycles. The first-order valence-electron chi connectivity index (χ1n) is 4.65. The van der Waals surface area contributed by atoms with Crippen molar-refractivity contribution in [1.82, 2.24) is 0 Å². The fraction of sp³-hybridized carbons (Fsp3) is 0.455. The Hall–Kier alpha value is -0.510. The van der Waals surface area contributed by atoms with Crippen LogP contribution in [0.5, 0.6) is 0 Å². The zero-order valence-corrected chi connectivity index (χ0v) is 8.83. The molecule has 1 unspecified atom stereocenters. The van der Waals surface area contributed by atoms with Crippen molar-refractivity contribution in [2.75, 3.05) is 18.1 Å². The summed E-state index contributed by atoms with van der Waals surface area (Å²) in [6.45, 7) is -0.148. The lowest BCUT2D eigenvalue weighted by atomic mass is 10.2. The van der Waals surface area contributed by atoms with Crippen molar-refractivity contribution in [2.24, 2.45) is 0 Å². The molecule has 1 radical (unpaired) electrons. The minimum atomic E-state index is -0.584. The first kappa shape index (κ1) is 11.6. The van der Waals surface area contributed by atoms with Crippen LogP contribution in [0.25, 0.3) is 0 Å². The molecule has 2 nitrogen and oxygen atoms in total. The van der Waals surface area contributed by atoms with Gasteiger partial charge in [-0.3, -0.25) is 0 Å². The summed E-state index contributed by atoms with van der Waals surface area (Å²) in [5.41, 5.74) is 1.19. The quantitative estimate of drug-likeness (QED) is 0.693. The Bertz CT molecular complexity index is 238. The van der Waals surface area contributed by atoms with Gasteiger partial charge in [0, 0.05) is 5.75 Å². The Morgan fingerprint density at radius 3 is 2.93 bits per heavy atom. The lowest BCUT2D eigenvalue weighted by molar-refractivity contribution is 0.113. The summed E-state index contributed by atoms with van der Waals surface area (Å²) >= 11 is 1.65.